The number of hydrogen-bond donors (Lipinski definition) is 0. The van der Waals surface area contributed by atoms with Crippen molar-refractivity contribution in [2.45, 2.75) is 19.3 Å². The number of aromatic nitrogens is 1. The summed E-state index contributed by atoms with van der Waals surface area (Å²) in [7, 11) is 2.86. The van der Waals surface area contributed by atoms with Gasteiger partial charge in [-0.15, -0.1) is 11.3 Å². The molecule has 104 valence electrons. The van der Waals surface area contributed by atoms with Crippen molar-refractivity contribution in [1.29, 1.82) is 0 Å². The second-order valence-electron chi connectivity index (χ2n) is 4.65. The van der Waals surface area contributed by atoms with E-state index in [4.69, 9.17) is 9.47 Å². The summed E-state index contributed by atoms with van der Waals surface area (Å²) < 4.78 is 9.94. The van der Waals surface area contributed by atoms with Crippen LogP contribution in [-0.4, -0.2) is 25.2 Å². The minimum Gasteiger partial charge on any atom is -0.480 e. The summed E-state index contributed by atoms with van der Waals surface area (Å²) in [4.78, 5) is 17.6. The van der Waals surface area contributed by atoms with E-state index in [0.717, 1.165) is 24.1 Å². The van der Waals surface area contributed by atoms with E-state index in [1.807, 2.05) is 6.07 Å². The highest BCUT2D eigenvalue weighted by Crippen LogP contribution is 2.37. The van der Waals surface area contributed by atoms with Gasteiger partial charge in [0.15, 0.2) is 0 Å². The zero-order valence-corrected chi connectivity index (χ0v) is 12.3. The molecule has 2 heterocycles. The fourth-order valence-corrected chi connectivity index (χ4v) is 3.70. The third-order valence-corrected chi connectivity index (χ3v) is 4.63. The highest BCUT2D eigenvalue weighted by molar-refractivity contribution is 7.10. The number of hydrogen-bond acceptors (Lipinski definition) is 5. The molecular weight excluding hydrogens is 274 g/mol. The van der Waals surface area contributed by atoms with Crippen LogP contribution in [0.4, 0.5) is 0 Å². The van der Waals surface area contributed by atoms with Gasteiger partial charge in [0.2, 0.25) is 5.88 Å². The van der Waals surface area contributed by atoms with E-state index in [2.05, 4.69) is 10.4 Å². The Hall–Kier alpha value is -1.88. The summed E-state index contributed by atoms with van der Waals surface area (Å²) in [5.74, 6) is -0.122. The first kappa shape index (κ1) is 13.1. The molecule has 0 aliphatic heterocycles. The van der Waals surface area contributed by atoms with Crippen LogP contribution >= 0.6 is 11.3 Å². The Kier molecular flexibility index (Phi) is 3.44. The Balaban J connectivity index is 2.05. The Morgan fingerprint density at radius 3 is 2.90 bits per heavy atom. The van der Waals surface area contributed by atoms with Crippen LogP contribution in [-0.2, 0) is 17.6 Å². The van der Waals surface area contributed by atoms with Gasteiger partial charge in [-0.25, -0.2) is 9.78 Å². The molecule has 0 aromatic carbocycles. The van der Waals surface area contributed by atoms with Crippen molar-refractivity contribution in [1.82, 2.24) is 4.98 Å². The topological polar surface area (TPSA) is 48.4 Å². The normalized spacial score (nSPS) is 13.1. The third-order valence-electron chi connectivity index (χ3n) is 3.55. The van der Waals surface area contributed by atoms with Crippen molar-refractivity contribution in [3.63, 3.8) is 0 Å². The lowest BCUT2D eigenvalue weighted by atomic mass is 10.1. The van der Waals surface area contributed by atoms with E-state index in [1.165, 1.54) is 31.1 Å². The maximum atomic E-state index is 11.6. The molecule has 0 saturated heterocycles. The van der Waals surface area contributed by atoms with Crippen molar-refractivity contribution >= 4 is 17.3 Å². The fourth-order valence-electron chi connectivity index (χ4n) is 2.56. The molecule has 4 nitrogen and oxygen atoms in total. The van der Waals surface area contributed by atoms with E-state index in [0.29, 0.717) is 11.4 Å². The zero-order valence-electron chi connectivity index (χ0n) is 11.4. The average molecular weight is 289 g/mol. The molecule has 0 spiro atoms. The number of carbonyl (C=O) groups is 1. The summed E-state index contributed by atoms with van der Waals surface area (Å²) in [5.41, 5.74) is 3.77. The second kappa shape index (κ2) is 5.25. The number of fused-ring (bicyclic) bond motifs is 1. The highest BCUT2D eigenvalue weighted by Gasteiger charge is 2.21. The van der Waals surface area contributed by atoms with E-state index in [-0.39, 0.29) is 0 Å². The maximum Gasteiger partial charge on any atom is 0.343 e. The first-order chi connectivity index (χ1) is 9.74. The predicted molar refractivity (Wildman–Crippen MR) is 77.5 cm³/mol. The molecule has 0 amide bonds. The summed E-state index contributed by atoms with van der Waals surface area (Å²) in [5, 5.41) is 2.14. The zero-order chi connectivity index (χ0) is 14.1. The lowest BCUT2D eigenvalue weighted by Crippen LogP contribution is -2.06. The van der Waals surface area contributed by atoms with Crippen molar-refractivity contribution in [2.75, 3.05) is 14.2 Å². The van der Waals surface area contributed by atoms with E-state index in [9.17, 15) is 4.79 Å². The SMILES string of the molecule is COC(=O)c1ccc(-c2csc3c2CCC3)nc1OC. The van der Waals surface area contributed by atoms with Gasteiger partial charge < -0.3 is 9.47 Å². The summed E-state index contributed by atoms with van der Waals surface area (Å²) in [6, 6.07) is 3.57. The average Bonchev–Trinajstić information content (AvgIpc) is 3.08. The number of rotatable bonds is 3. The fraction of sp³-hybridized carbons (Fsp3) is 0.333. The molecule has 0 unspecified atom stereocenters. The van der Waals surface area contributed by atoms with E-state index in [1.54, 1.807) is 17.4 Å². The molecule has 0 N–H and O–H groups in total. The van der Waals surface area contributed by atoms with Crippen LogP contribution in [0.15, 0.2) is 17.5 Å². The Morgan fingerprint density at radius 1 is 1.30 bits per heavy atom. The number of methoxy groups -OCH3 is 2. The molecule has 3 rings (SSSR count). The van der Waals surface area contributed by atoms with E-state index >= 15 is 0 Å². The van der Waals surface area contributed by atoms with Gasteiger partial charge in [0.25, 0.3) is 0 Å². The van der Waals surface area contributed by atoms with Crippen LogP contribution in [0.2, 0.25) is 0 Å². The van der Waals surface area contributed by atoms with Crippen LogP contribution in [0, 0.1) is 0 Å². The van der Waals surface area contributed by atoms with Gasteiger partial charge in [-0.3, -0.25) is 0 Å². The molecule has 2 aromatic heterocycles. The first-order valence-electron chi connectivity index (χ1n) is 6.47. The molecular formula is C15H15NO3S. The molecule has 0 saturated carbocycles. The quantitative estimate of drug-likeness (QED) is 0.815. The van der Waals surface area contributed by atoms with E-state index < -0.39 is 5.97 Å². The number of carbonyl (C=O) groups excluding carboxylic acids is 1. The predicted octanol–water partition coefficient (Wildman–Crippen LogP) is 3.09. The third kappa shape index (κ3) is 2.08. The van der Waals surface area contributed by atoms with Gasteiger partial charge in [0.05, 0.1) is 19.9 Å². The minimum absolute atomic E-state index is 0.312. The number of esters is 1. The number of pyridine rings is 1. The standard InChI is InChI=1S/C15H15NO3S/c1-18-14-10(15(17)19-2)6-7-12(16-14)11-8-20-13-5-3-4-9(11)13/h6-8H,3-5H2,1-2H3. The molecule has 0 bridgehead atoms. The molecule has 0 fully saturated rings. The monoisotopic (exact) mass is 289 g/mol. The minimum atomic E-state index is -0.434. The Morgan fingerprint density at radius 2 is 2.15 bits per heavy atom. The number of thiophene rings is 1. The van der Waals surface area contributed by atoms with Gasteiger partial charge in [-0.1, -0.05) is 0 Å². The molecule has 2 aromatic rings. The largest absolute Gasteiger partial charge is 0.480 e. The van der Waals surface area contributed by atoms with Crippen molar-refractivity contribution < 1.29 is 14.3 Å². The molecule has 5 heteroatoms. The summed E-state index contributed by atoms with van der Waals surface area (Å²) in [6.07, 6.45) is 3.49. The van der Waals surface area contributed by atoms with Gasteiger partial charge in [-0.2, -0.15) is 0 Å². The molecule has 1 aliphatic carbocycles. The lowest BCUT2D eigenvalue weighted by molar-refractivity contribution is 0.0596. The molecule has 1 aliphatic rings. The summed E-state index contributed by atoms with van der Waals surface area (Å²) >= 11 is 1.79. The maximum absolute atomic E-state index is 11.6. The van der Waals surface area contributed by atoms with Gasteiger partial charge >= 0.3 is 5.97 Å². The van der Waals surface area contributed by atoms with Gasteiger partial charge in [0, 0.05) is 15.8 Å². The molecule has 0 atom stereocenters. The van der Waals surface area contributed by atoms with Crippen molar-refractivity contribution in [2.24, 2.45) is 0 Å². The van der Waals surface area contributed by atoms with Gasteiger partial charge in [-0.05, 0) is 37.0 Å². The van der Waals surface area contributed by atoms with Crippen LogP contribution in [0.1, 0.15) is 27.2 Å². The number of ether oxygens (including phenoxy) is 2. The molecule has 0 radical (unpaired) electrons. The van der Waals surface area contributed by atoms with Crippen molar-refractivity contribution in [3.8, 4) is 17.1 Å². The first-order valence-corrected chi connectivity index (χ1v) is 7.35. The van der Waals surface area contributed by atoms with Crippen molar-refractivity contribution in [3.05, 3.63) is 33.5 Å². The second-order valence-corrected chi connectivity index (χ2v) is 5.61. The van der Waals surface area contributed by atoms with Crippen LogP contribution < -0.4 is 4.74 Å². The number of aryl methyl sites for hydroxylation is 1. The van der Waals surface area contributed by atoms with Crippen LogP contribution in [0.5, 0.6) is 5.88 Å². The molecule has 20 heavy (non-hydrogen) atoms. The van der Waals surface area contributed by atoms with Gasteiger partial charge in [0.1, 0.15) is 5.56 Å². The summed E-state index contributed by atoms with van der Waals surface area (Å²) in [6.45, 7) is 0. The number of nitrogens with zero attached hydrogens (tertiary/aromatic N) is 1. The Bertz CT molecular complexity index is 663. The van der Waals surface area contributed by atoms with Crippen LogP contribution in [0.25, 0.3) is 11.3 Å². The highest BCUT2D eigenvalue weighted by atomic mass is 32.1. The smallest absolute Gasteiger partial charge is 0.343 e. The lowest BCUT2D eigenvalue weighted by Gasteiger charge is -2.08. The van der Waals surface area contributed by atoms with Crippen LogP contribution in [0.3, 0.4) is 0 Å². The Labute approximate surface area is 121 Å².